The largest absolute Gasteiger partial charge is 0.506 e. The molecule has 0 bridgehead atoms. The second-order valence-corrected chi connectivity index (χ2v) is 2.95. The number of aliphatic hydroxyl groups is 1. The molecule has 13 heavy (non-hydrogen) atoms. The topological polar surface area (TPSA) is 44.0 Å². The molecule has 1 aromatic carbocycles. The van der Waals surface area contributed by atoms with Gasteiger partial charge >= 0.3 is 0 Å². The van der Waals surface area contributed by atoms with Gasteiger partial charge in [-0.25, -0.2) is 0 Å². The van der Waals surface area contributed by atoms with Gasteiger partial charge < -0.3 is 5.11 Å². The maximum absolute atomic E-state index is 9.54. The summed E-state index contributed by atoms with van der Waals surface area (Å²) < 4.78 is 0. The van der Waals surface area contributed by atoms with E-state index < -0.39 is 0 Å². The van der Waals surface area contributed by atoms with E-state index in [0.717, 1.165) is 5.56 Å². The molecule has 2 heteroatoms. The molecular weight excluding hydrogens is 162 g/mol. The van der Waals surface area contributed by atoms with Crippen molar-refractivity contribution in [3.05, 3.63) is 41.0 Å². The Bertz CT molecular complexity index is 368. The van der Waals surface area contributed by atoms with E-state index >= 15 is 0 Å². The summed E-state index contributed by atoms with van der Waals surface area (Å²) in [5.41, 5.74) is 2.15. The first-order valence-electron chi connectivity index (χ1n) is 4.02. The lowest BCUT2D eigenvalue weighted by Gasteiger charge is -2.00. The maximum atomic E-state index is 9.54. The summed E-state index contributed by atoms with van der Waals surface area (Å²) in [4.78, 5) is 0. The van der Waals surface area contributed by atoms with Crippen LogP contribution in [0.4, 0.5) is 0 Å². The first kappa shape index (κ1) is 9.34. The van der Waals surface area contributed by atoms with Crippen LogP contribution in [0, 0.1) is 18.3 Å². The molecule has 0 aliphatic heterocycles. The molecule has 2 nitrogen and oxygen atoms in total. The summed E-state index contributed by atoms with van der Waals surface area (Å²) >= 11 is 0. The Balaban J connectivity index is 3.12. The minimum atomic E-state index is 0.0579. The van der Waals surface area contributed by atoms with E-state index in [0.29, 0.717) is 11.1 Å². The molecule has 0 radical (unpaired) electrons. The smallest absolute Gasteiger partial charge is 0.136 e. The zero-order valence-corrected chi connectivity index (χ0v) is 7.70. The van der Waals surface area contributed by atoms with Gasteiger partial charge in [0.15, 0.2) is 0 Å². The number of benzene rings is 1. The van der Waals surface area contributed by atoms with Crippen molar-refractivity contribution in [1.29, 1.82) is 5.26 Å². The second-order valence-electron chi connectivity index (χ2n) is 2.95. The zero-order chi connectivity index (χ0) is 9.84. The van der Waals surface area contributed by atoms with Gasteiger partial charge in [-0.1, -0.05) is 29.8 Å². The standard InChI is InChI=1S/C11H11NO/c1-8-3-5-10(6-4-8)11(13)9(2)7-12/h3-6,13H,1-2H3/b11-9+. The Morgan fingerprint density at radius 3 is 2.31 bits per heavy atom. The van der Waals surface area contributed by atoms with Gasteiger partial charge in [0.1, 0.15) is 5.76 Å². The lowest BCUT2D eigenvalue weighted by molar-refractivity contribution is 0.508. The summed E-state index contributed by atoms with van der Waals surface area (Å²) in [6.07, 6.45) is 0. The minimum absolute atomic E-state index is 0.0579. The highest BCUT2D eigenvalue weighted by Crippen LogP contribution is 2.15. The summed E-state index contributed by atoms with van der Waals surface area (Å²) in [6, 6.07) is 9.30. The van der Waals surface area contributed by atoms with Crippen LogP contribution in [0.3, 0.4) is 0 Å². The zero-order valence-electron chi connectivity index (χ0n) is 7.70. The Kier molecular flexibility index (Phi) is 2.71. The maximum Gasteiger partial charge on any atom is 0.136 e. The molecule has 0 heterocycles. The van der Waals surface area contributed by atoms with Crippen molar-refractivity contribution in [1.82, 2.24) is 0 Å². The predicted molar refractivity (Wildman–Crippen MR) is 52.0 cm³/mol. The van der Waals surface area contributed by atoms with Crippen LogP contribution in [0.5, 0.6) is 0 Å². The van der Waals surface area contributed by atoms with Gasteiger partial charge in [0.05, 0.1) is 11.6 Å². The van der Waals surface area contributed by atoms with Gasteiger partial charge in [-0.2, -0.15) is 5.26 Å². The predicted octanol–water partition coefficient (Wildman–Crippen LogP) is 2.81. The second kappa shape index (κ2) is 3.77. The van der Waals surface area contributed by atoms with Crippen molar-refractivity contribution in [3.63, 3.8) is 0 Å². The molecule has 1 aromatic rings. The van der Waals surface area contributed by atoms with Gasteiger partial charge in [0.25, 0.3) is 0 Å². The van der Waals surface area contributed by atoms with Crippen LogP contribution in [-0.4, -0.2) is 5.11 Å². The molecule has 0 unspecified atom stereocenters. The number of rotatable bonds is 1. The fraction of sp³-hybridized carbons (Fsp3) is 0.182. The van der Waals surface area contributed by atoms with Crippen LogP contribution < -0.4 is 0 Å². The molecular formula is C11H11NO. The van der Waals surface area contributed by atoms with Gasteiger partial charge in [-0.15, -0.1) is 0 Å². The van der Waals surface area contributed by atoms with Gasteiger partial charge in [0.2, 0.25) is 0 Å². The number of nitrogens with zero attached hydrogens (tertiary/aromatic N) is 1. The highest BCUT2D eigenvalue weighted by atomic mass is 16.3. The molecule has 1 rings (SSSR count). The first-order chi connectivity index (χ1) is 6.15. The van der Waals surface area contributed by atoms with Crippen molar-refractivity contribution in [2.75, 3.05) is 0 Å². The van der Waals surface area contributed by atoms with Crippen molar-refractivity contribution in [2.24, 2.45) is 0 Å². The van der Waals surface area contributed by atoms with Crippen molar-refractivity contribution < 1.29 is 5.11 Å². The molecule has 1 N–H and O–H groups in total. The molecule has 0 saturated heterocycles. The summed E-state index contributed by atoms with van der Waals surface area (Å²) in [5, 5.41) is 18.1. The van der Waals surface area contributed by atoms with Crippen LogP contribution in [0.25, 0.3) is 5.76 Å². The van der Waals surface area contributed by atoms with Crippen LogP contribution >= 0.6 is 0 Å². The molecule has 0 aliphatic carbocycles. The van der Waals surface area contributed by atoms with Crippen LogP contribution in [0.2, 0.25) is 0 Å². The van der Waals surface area contributed by atoms with E-state index in [1.54, 1.807) is 19.1 Å². The highest BCUT2D eigenvalue weighted by Gasteiger charge is 2.01. The van der Waals surface area contributed by atoms with Crippen molar-refractivity contribution in [2.45, 2.75) is 13.8 Å². The monoisotopic (exact) mass is 173 g/mol. The molecule has 0 fully saturated rings. The number of aliphatic hydroxyl groups excluding tert-OH is 1. The summed E-state index contributed by atoms with van der Waals surface area (Å²) in [7, 11) is 0. The molecule has 0 amide bonds. The molecule has 0 saturated carbocycles. The van der Waals surface area contributed by atoms with E-state index in [-0.39, 0.29) is 5.76 Å². The van der Waals surface area contributed by atoms with Crippen LogP contribution in [-0.2, 0) is 0 Å². The van der Waals surface area contributed by atoms with Crippen molar-refractivity contribution in [3.8, 4) is 6.07 Å². The average molecular weight is 173 g/mol. The molecule has 0 aromatic heterocycles. The van der Waals surface area contributed by atoms with Gasteiger partial charge in [0, 0.05) is 5.56 Å². The molecule has 66 valence electrons. The van der Waals surface area contributed by atoms with E-state index in [1.807, 2.05) is 25.1 Å². The Labute approximate surface area is 77.8 Å². The summed E-state index contributed by atoms with van der Waals surface area (Å²) in [5.74, 6) is 0.0579. The fourth-order valence-corrected chi connectivity index (χ4v) is 0.981. The number of allylic oxidation sites excluding steroid dienone is 1. The SMILES string of the molecule is C/C(C#N)=C(\O)c1ccc(C)cc1. The third-order valence-electron chi connectivity index (χ3n) is 1.85. The Morgan fingerprint density at radius 2 is 1.85 bits per heavy atom. The average Bonchev–Trinajstić information content (AvgIpc) is 2.17. The molecule has 0 atom stereocenters. The fourth-order valence-electron chi connectivity index (χ4n) is 0.981. The highest BCUT2D eigenvalue weighted by molar-refractivity contribution is 5.64. The van der Waals surface area contributed by atoms with E-state index in [1.165, 1.54) is 0 Å². The normalized spacial score (nSPS) is 11.8. The van der Waals surface area contributed by atoms with E-state index in [2.05, 4.69) is 0 Å². The summed E-state index contributed by atoms with van der Waals surface area (Å²) in [6.45, 7) is 3.57. The van der Waals surface area contributed by atoms with E-state index in [4.69, 9.17) is 5.26 Å². The lowest BCUT2D eigenvalue weighted by atomic mass is 10.1. The Hall–Kier alpha value is -1.75. The van der Waals surface area contributed by atoms with Crippen LogP contribution in [0.15, 0.2) is 29.8 Å². The van der Waals surface area contributed by atoms with Gasteiger partial charge in [-0.3, -0.25) is 0 Å². The number of aryl methyl sites for hydroxylation is 1. The minimum Gasteiger partial charge on any atom is -0.506 e. The van der Waals surface area contributed by atoms with Crippen LogP contribution in [0.1, 0.15) is 18.1 Å². The quantitative estimate of drug-likeness (QED) is 0.524. The number of nitriles is 1. The molecule has 0 spiro atoms. The van der Waals surface area contributed by atoms with Gasteiger partial charge in [-0.05, 0) is 13.8 Å². The lowest BCUT2D eigenvalue weighted by Crippen LogP contribution is -1.86. The van der Waals surface area contributed by atoms with E-state index in [9.17, 15) is 5.11 Å². The third-order valence-corrected chi connectivity index (χ3v) is 1.85. The Morgan fingerprint density at radius 1 is 1.31 bits per heavy atom. The third kappa shape index (κ3) is 2.09. The number of hydrogen-bond donors (Lipinski definition) is 1. The molecule has 0 aliphatic rings. The van der Waals surface area contributed by atoms with Crippen molar-refractivity contribution >= 4 is 5.76 Å². The first-order valence-corrected chi connectivity index (χ1v) is 4.02. The number of hydrogen-bond acceptors (Lipinski definition) is 2.